The second-order valence-corrected chi connectivity index (χ2v) is 8.25. The van der Waals surface area contributed by atoms with Gasteiger partial charge in [0.25, 0.3) is 0 Å². The molecule has 2 atom stereocenters. The van der Waals surface area contributed by atoms with E-state index in [0.717, 1.165) is 0 Å². The third-order valence-electron chi connectivity index (χ3n) is 6.34. The molecular formula is C24H28O7. The van der Waals surface area contributed by atoms with Gasteiger partial charge in [0, 0.05) is 23.0 Å². The number of Topliss-reactive ketones (excluding diaryl/α,β-unsaturated/α-hetero) is 2. The number of ketones is 2. The van der Waals surface area contributed by atoms with Crippen molar-refractivity contribution in [2.75, 3.05) is 0 Å². The first kappa shape index (κ1) is 22.5. The summed E-state index contributed by atoms with van der Waals surface area (Å²) >= 11 is 0. The number of phenols is 4. The van der Waals surface area contributed by atoms with Crippen LogP contribution in [-0.2, 0) is 0 Å². The Kier molecular flexibility index (Phi) is 5.65. The lowest BCUT2D eigenvalue weighted by Crippen LogP contribution is -2.11. The first-order valence-corrected chi connectivity index (χ1v) is 10.4. The molecule has 3 rings (SSSR count). The zero-order valence-corrected chi connectivity index (χ0v) is 18.6. The predicted molar refractivity (Wildman–Crippen MR) is 117 cm³/mol. The molecule has 0 amide bonds. The summed E-state index contributed by atoms with van der Waals surface area (Å²) in [6.45, 7) is 9.99. The van der Waals surface area contributed by atoms with Crippen LogP contribution in [0.1, 0.15) is 72.4 Å². The molecule has 0 radical (unpaired) electrons. The zero-order valence-electron chi connectivity index (χ0n) is 18.6. The smallest absolute Gasteiger partial charge is 0.173 e. The molecule has 7 heteroatoms. The van der Waals surface area contributed by atoms with Crippen LogP contribution in [0.3, 0.4) is 0 Å². The van der Waals surface area contributed by atoms with Crippen LogP contribution in [0.4, 0.5) is 0 Å². The molecule has 0 bridgehead atoms. The Hall–Kier alpha value is -3.22. The fourth-order valence-corrected chi connectivity index (χ4v) is 3.75. The van der Waals surface area contributed by atoms with Crippen molar-refractivity contribution in [2.24, 2.45) is 11.8 Å². The highest BCUT2D eigenvalue weighted by Gasteiger charge is 2.33. The van der Waals surface area contributed by atoms with Gasteiger partial charge in [0.2, 0.25) is 0 Å². The third-order valence-corrected chi connectivity index (χ3v) is 6.34. The number of fused-ring (bicyclic) bond motifs is 3. The van der Waals surface area contributed by atoms with E-state index in [2.05, 4.69) is 0 Å². The van der Waals surface area contributed by atoms with E-state index in [9.17, 15) is 30.0 Å². The molecule has 0 spiro atoms. The lowest BCUT2D eigenvalue weighted by molar-refractivity contribution is 0.0918. The molecule has 1 aromatic heterocycles. The number of aromatic hydroxyl groups is 4. The van der Waals surface area contributed by atoms with Crippen LogP contribution in [0.5, 0.6) is 23.0 Å². The molecule has 0 saturated carbocycles. The first-order valence-electron chi connectivity index (χ1n) is 10.4. The van der Waals surface area contributed by atoms with E-state index in [1.165, 1.54) is 13.8 Å². The van der Waals surface area contributed by atoms with Crippen molar-refractivity contribution >= 4 is 33.5 Å². The van der Waals surface area contributed by atoms with Gasteiger partial charge in [-0.25, -0.2) is 0 Å². The van der Waals surface area contributed by atoms with Crippen LogP contribution in [-0.4, -0.2) is 32.0 Å². The van der Waals surface area contributed by atoms with Crippen molar-refractivity contribution in [1.29, 1.82) is 0 Å². The van der Waals surface area contributed by atoms with Crippen LogP contribution < -0.4 is 0 Å². The molecule has 3 aromatic rings. The van der Waals surface area contributed by atoms with E-state index < -0.39 is 23.3 Å². The van der Waals surface area contributed by atoms with Gasteiger partial charge in [-0.05, 0) is 26.7 Å². The number of benzene rings is 2. The highest BCUT2D eigenvalue weighted by atomic mass is 16.3. The number of carbonyl (C=O) groups excluding carboxylic acids is 2. The molecule has 166 valence electrons. The molecular weight excluding hydrogens is 400 g/mol. The fraction of sp³-hybridized carbons (Fsp3) is 0.417. The van der Waals surface area contributed by atoms with Crippen molar-refractivity contribution in [2.45, 2.75) is 54.4 Å². The van der Waals surface area contributed by atoms with E-state index >= 15 is 0 Å². The average molecular weight is 428 g/mol. The summed E-state index contributed by atoms with van der Waals surface area (Å²) in [6.07, 6.45) is 1.03. The minimum atomic E-state index is -0.434. The van der Waals surface area contributed by atoms with Crippen molar-refractivity contribution in [3.8, 4) is 23.0 Å². The maximum atomic E-state index is 13.1. The maximum absolute atomic E-state index is 13.1. The largest absolute Gasteiger partial charge is 0.507 e. The van der Waals surface area contributed by atoms with Crippen LogP contribution >= 0.6 is 0 Å². The summed E-state index contributed by atoms with van der Waals surface area (Å²) in [5, 5.41) is 43.0. The SMILES string of the molecule is CC[C@H](C)C(=O)c1c(O)c(C)c(O)c2c1oc1c(C(=O)[C@@H](C)CC)c(O)c(C)c(O)c12. The number of phenolic OH excluding ortho intramolecular Hbond substituents is 4. The molecule has 0 aliphatic carbocycles. The van der Waals surface area contributed by atoms with E-state index in [0.29, 0.717) is 12.8 Å². The average Bonchev–Trinajstić information content (AvgIpc) is 3.14. The van der Waals surface area contributed by atoms with Gasteiger partial charge in [-0.15, -0.1) is 0 Å². The molecule has 0 fully saturated rings. The van der Waals surface area contributed by atoms with Gasteiger partial charge in [0.05, 0.1) is 10.8 Å². The molecule has 2 aromatic carbocycles. The summed E-state index contributed by atoms with van der Waals surface area (Å²) in [5.41, 5.74) is -0.369. The third kappa shape index (κ3) is 3.10. The molecule has 31 heavy (non-hydrogen) atoms. The summed E-state index contributed by atoms with van der Waals surface area (Å²) in [7, 11) is 0. The molecule has 0 saturated heterocycles. The minimum Gasteiger partial charge on any atom is -0.507 e. The predicted octanol–water partition coefficient (Wildman–Crippen LogP) is 5.48. The van der Waals surface area contributed by atoms with Crippen molar-refractivity contribution in [3.05, 3.63) is 22.3 Å². The molecule has 7 nitrogen and oxygen atoms in total. The van der Waals surface area contributed by atoms with E-state index in [1.807, 2.05) is 13.8 Å². The Bertz CT molecular complexity index is 1140. The van der Waals surface area contributed by atoms with E-state index in [-0.39, 0.29) is 67.3 Å². The van der Waals surface area contributed by atoms with Crippen LogP contribution in [0.2, 0.25) is 0 Å². The second kappa shape index (κ2) is 7.80. The maximum Gasteiger partial charge on any atom is 0.173 e. The van der Waals surface area contributed by atoms with Gasteiger partial charge in [0.15, 0.2) is 22.7 Å². The van der Waals surface area contributed by atoms with Crippen LogP contribution in [0, 0.1) is 25.7 Å². The standard InChI is InChI=1S/C24H28O7/c1-7-9(3)17(25)15-21(29)11(5)19(27)13-14-20(28)12(6)22(30)16(18(26)10(4)8-2)24(14)31-23(13)15/h9-10,27-30H,7-8H2,1-6H3/t9-,10-/m0/s1. The Balaban J connectivity index is 2.61. The quantitative estimate of drug-likeness (QED) is 0.383. The molecule has 1 heterocycles. The number of hydrogen-bond acceptors (Lipinski definition) is 7. The zero-order chi connectivity index (χ0) is 23.4. The normalized spacial score (nSPS) is 13.6. The van der Waals surface area contributed by atoms with Gasteiger partial charge in [0.1, 0.15) is 34.1 Å². The summed E-state index contributed by atoms with van der Waals surface area (Å²) < 4.78 is 5.90. The Labute approximate surface area is 179 Å². The first-order chi connectivity index (χ1) is 14.5. The Morgan fingerprint density at radius 1 is 0.710 bits per heavy atom. The van der Waals surface area contributed by atoms with Gasteiger partial charge in [-0.1, -0.05) is 27.7 Å². The monoisotopic (exact) mass is 428 g/mol. The van der Waals surface area contributed by atoms with Gasteiger partial charge in [-0.2, -0.15) is 0 Å². The number of furan rings is 1. The number of carbonyl (C=O) groups is 2. The second-order valence-electron chi connectivity index (χ2n) is 8.25. The number of hydrogen-bond donors (Lipinski definition) is 4. The fourth-order valence-electron chi connectivity index (χ4n) is 3.75. The van der Waals surface area contributed by atoms with Gasteiger partial charge >= 0.3 is 0 Å². The molecule has 4 N–H and O–H groups in total. The van der Waals surface area contributed by atoms with Crippen LogP contribution in [0.15, 0.2) is 4.42 Å². The molecule has 0 unspecified atom stereocenters. The highest BCUT2D eigenvalue weighted by Crippen LogP contribution is 2.51. The molecule has 0 aliphatic rings. The lowest BCUT2D eigenvalue weighted by atomic mass is 9.90. The highest BCUT2D eigenvalue weighted by molar-refractivity contribution is 6.24. The van der Waals surface area contributed by atoms with Crippen molar-refractivity contribution < 1.29 is 34.4 Å². The Morgan fingerprint density at radius 2 is 1.03 bits per heavy atom. The lowest BCUT2D eigenvalue weighted by Gasteiger charge is -2.13. The minimum absolute atomic E-state index is 0.0238. The Morgan fingerprint density at radius 3 is 1.32 bits per heavy atom. The summed E-state index contributed by atoms with van der Waals surface area (Å²) in [4.78, 5) is 26.1. The van der Waals surface area contributed by atoms with Crippen LogP contribution in [0.25, 0.3) is 21.9 Å². The van der Waals surface area contributed by atoms with E-state index in [1.54, 1.807) is 13.8 Å². The molecule has 0 aliphatic heterocycles. The summed E-state index contributed by atoms with van der Waals surface area (Å²) in [6, 6.07) is 0. The number of rotatable bonds is 6. The topological polar surface area (TPSA) is 128 Å². The van der Waals surface area contributed by atoms with E-state index in [4.69, 9.17) is 4.42 Å². The summed E-state index contributed by atoms with van der Waals surface area (Å²) in [5.74, 6) is -3.20. The van der Waals surface area contributed by atoms with Gasteiger partial charge in [-0.3, -0.25) is 9.59 Å². The van der Waals surface area contributed by atoms with Crippen molar-refractivity contribution in [3.63, 3.8) is 0 Å². The van der Waals surface area contributed by atoms with Crippen molar-refractivity contribution in [1.82, 2.24) is 0 Å². The van der Waals surface area contributed by atoms with Gasteiger partial charge < -0.3 is 24.8 Å².